The van der Waals surface area contributed by atoms with E-state index in [2.05, 4.69) is 5.32 Å². The fourth-order valence-electron chi connectivity index (χ4n) is 2.30. The van der Waals surface area contributed by atoms with Crippen molar-refractivity contribution in [3.05, 3.63) is 46.2 Å². The lowest BCUT2D eigenvalue weighted by molar-refractivity contribution is -0.140. The number of nitrogens with zero attached hydrogens (tertiary/aromatic N) is 1. The molecule has 0 bridgehead atoms. The first-order chi connectivity index (χ1) is 12.3. The monoisotopic (exact) mass is 388 g/mol. The molecule has 0 saturated carbocycles. The molecule has 2 aromatic rings. The van der Waals surface area contributed by atoms with Gasteiger partial charge < -0.3 is 19.7 Å². The van der Waals surface area contributed by atoms with Gasteiger partial charge in [-0.05, 0) is 40.1 Å². The van der Waals surface area contributed by atoms with Gasteiger partial charge in [0, 0.05) is 13.1 Å². The van der Waals surface area contributed by atoms with Crippen LogP contribution >= 0.6 is 11.3 Å². The third-order valence-electron chi connectivity index (χ3n) is 3.50. The summed E-state index contributed by atoms with van der Waals surface area (Å²) in [5, 5.41) is 5.98. The Balaban J connectivity index is 2.04. The van der Waals surface area contributed by atoms with Gasteiger partial charge >= 0.3 is 12.2 Å². The minimum Gasteiger partial charge on any atom is -0.493 e. The second-order valence-electron chi connectivity index (χ2n) is 5.45. The zero-order valence-electron chi connectivity index (χ0n) is 14.3. The van der Waals surface area contributed by atoms with Crippen LogP contribution in [0.25, 0.3) is 0 Å². The maximum absolute atomic E-state index is 12.8. The van der Waals surface area contributed by atoms with Gasteiger partial charge in [-0.3, -0.25) is 0 Å². The number of amides is 2. The predicted molar refractivity (Wildman–Crippen MR) is 92.6 cm³/mol. The number of alkyl halides is 3. The van der Waals surface area contributed by atoms with Crippen molar-refractivity contribution in [2.24, 2.45) is 0 Å². The average Bonchev–Trinajstić information content (AvgIpc) is 3.10. The lowest BCUT2D eigenvalue weighted by atomic mass is 10.2. The maximum atomic E-state index is 12.8. The molecule has 2 amide bonds. The molecular formula is C17H19F3N2O3S. The molecule has 1 aromatic carbocycles. The van der Waals surface area contributed by atoms with Crippen LogP contribution < -0.4 is 14.8 Å². The van der Waals surface area contributed by atoms with Crippen LogP contribution in [0.2, 0.25) is 0 Å². The highest BCUT2D eigenvalue weighted by atomic mass is 32.1. The van der Waals surface area contributed by atoms with Gasteiger partial charge in [0.15, 0.2) is 11.5 Å². The van der Waals surface area contributed by atoms with E-state index in [1.807, 2.05) is 0 Å². The number of carbonyl (C=O) groups excluding carboxylic acids is 1. The van der Waals surface area contributed by atoms with Gasteiger partial charge in [0.05, 0.1) is 14.2 Å². The molecule has 0 spiro atoms. The molecule has 1 heterocycles. The SMILES string of the molecule is COc1ccc(CNC(=O)N(Cc2ccsc2)CC(F)(F)F)cc1OC. The number of carbonyl (C=O) groups is 1. The van der Waals surface area contributed by atoms with Crippen LogP contribution in [0.3, 0.4) is 0 Å². The van der Waals surface area contributed by atoms with Gasteiger partial charge in [0.1, 0.15) is 6.54 Å². The molecule has 0 aliphatic heterocycles. The van der Waals surface area contributed by atoms with Crippen LogP contribution in [0, 0.1) is 0 Å². The quantitative estimate of drug-likeness (QED) is 0.779. The Hall–Kier alpha value is -2.42. The number of hydrogen-bond donors (Lipinski definition) is 1. The molecule has 0 aliphatic carbocycles. The van der Waals surface area contributed by atoms with E-state index in [0.717, 1.165) is 4.90 Å². The smallest absolute Gasteiger partial charge is 0.406 e. The Morgan fingerprint density at radius 3 is 2.46 bits per heavy atom. The highest BCUT2D eigenvalue weighted by Gasteiger charge is 2.33. The summed E-state index contributed by atoms with van der Waals surface area (Å²) in [6.07, 6.45) is -4.48. The normalized spacial score (nSPS) is 11.1. The van der Waals surface area contributed by atoms with Crippen molar-refractivity contribution in [1.82, 2.24) is 10.2 Å². The number of urea groups is 1. The number of benzene rings is 1. The number of nitrogens with one attached hydrogen (secondary N) is 1. The zero-order chi connectivity index (χ0) is 19.2. The lowest BCUT2D eigenvalue weighted by Crippen LogP contribution is -2.44. The largest absolute Gasteiger partial charge is 0.493 e. The van der Waals surface area contributed by atoms with Gasteiger partial charge in [0.25, 0.3) is 0 Å². The Kier molecular flexibility index (Phi) is 6.73. The summed E-state index contributed by atoms with van der Waals surface area (Å²) < 4.78 is 48.7. The van der Waals surface area contributed by atoms with E-state index in [9.17, 15) is 18.0 Å². The number of rotatable bonds is 7. The highest BCUT2D eigenvalue weighted by molar-refractivity contribution is 7.07. The molecule has 1 aromatic heterocycles. The molecule has 26 heavy (non-hydrogen) atoms. The number of halogens is 3. The Morgan fingerprint density at radius 2 is 1.88 bits per heavy atom. The van der Waals surface area contributed by atoms with Crippen molar-refractivity contribution < 1.29 is 27.4 Å². The topological polar surface area (TPSA) is 50.8 Å². The van der Waals surface area contributed by atoms with E-state index >= 15 is 0 Å². The Morgan fingerprint density at radius 1 is 1.15 bits per heavy atom. The molecule has 0 atom stereocenters. The highest BCUT2D eigenvalue weighted by Crippen LogP contribution is 2.27. The van der Waals surface area contributed by atoms with E-state index < -0.39 is 18.8 Å². The van der Waals surface area contributed by atoms with Gasteiger partial charge in [-0.2, -0.15) is 24.5 Å². The Bertz CT molecular complexity index is 721. The van der Waals surface area contributed by atoms with Gasteiger partial charge in [-0.1, -0.05) is 6.07 Å². The van der Waals surface area contributed by atoms with E-state index in [-0.39, 0.29) is 13.1 Å². The van der Waals surface area contributed by atoms with Crippen molar-refractivity contribution in [2.45, 2.75) is 19.3 Å². The number of hydrogen-bond acceptors (Lipinski definition) is 4. The van der Waals surface area contributed by atoms with Crippen molar-refractivity contribution in [2.75, 3.05) is 20.8 Å². The standard InChI is InChI=1S/C17H19F3N2O3S/c1-24-14-4-3-12(7-15(14)25-2)8-21-16(23)22(11-17(18,19)20)9-13-5-6-26-10-13/h3-7,10H,8-9,11H2,1-2H3,(H,21,23). The molecule has 5 nitrogen and oxygen atoms in total. The predicted octanol–water partition coefficient (Wildman–Crippen LogP) is 4.04. The third kappa shape index (κ3) is 5.83. The van der Waals surface area contributed by atoms with Crippen LogP contribution in [0.4, 0.5) is 18.0 Å². The van der Waals surface area contributed by atoms with Crippen molar-refractivity contribution in [3.63, 3.8) is 0 Å². The fourth-order valence-corrected chi connectivity index (χ4v) is 2.96. The number of ether oxygens (including phenoxy) is 2. The average molecular weight is 388 g/mol. The first-order valence-corrected chi connectivity index (χ1v) is 8.58. The van der Waals surface area contributed by atoms with E-state index in [1.54, 1.807) is 35.0 Å². The molecular weight excluding hydrogens is 369 g/mol. The van der Waals surface area contributed by atoms with Gasteiger partial charge in [-0.25, -0.2) is 4.79 Å². The molecule has 1 N–H and O–H groups in total. The molecule has 0 fully saturated rings. The summed E-state index contributed by atoms with van der Waals surface area (Å²) in [6.45, 7) is -1.36. The third-order valence-corrected chi connectivity index (χ3v) is 4.23. The van der Waals surface area contributed by atoms with E-state index in [4.69, 9.17) is 9.47 Å². The summed E-state index contributed by atoms with van der Waals surface area (Å²) in [5.41, 5.74) is 1.33. The van der Waals surface area contributed by atoms with Crippen LogP contribution in [-0.2, 0) is 13.1 Å². The van der Waals surface area contributed by atoms with Gasteiger partial charge in [0.2, 0.25) is 0 Å². The summed E-state index contributed by atoms with van der Waals surface area (Å²) >= 11 is 1.36. The van der Waals surface area contributed by atoms with Crippen molar-refractivity contribution in [3.8, 4) is 11.5 Å². The zero-order valence-corrected chi connectivity index (χ0v) is 15.1. The molecule has 0 unspecified atom stereocenters. The van der Waals surface area contributed by atoms with Crippen LogP contribution in [0.1, 0.15) is 11.1 Å². The minimum absolute atomic E-state index is 0.0666. The lowest BCUT2D eigenvalue weighted by Gasteiger charge is -2.24. The van der Waals surface area contributed by atoms with E-state index in [0.29, 0.717) is 22.6 Å². The Labute approximate surface area is 153 Å². The minimum atomic E-state index is -4.48. The second kappa shape index (κ2) is 8.79. The van der Waals surface area contributed by atoms with Crippen LogP contribution in [0.15, 0.2) is 35.0 Å². The molecule has 142 valence electrons. The summed E-state index contributed by atoms with van der Waals surface area (Å²) in [6, 6.07) is 5.93. The van der Waals surface area contributed by atoms with Crippen molar-refractivity contribution in [1.29, 1.82) is 0 Å². The first-order valence-electron chi connectivity index (χ1n) is 7.64. The van der Waals surface area contributed by atoms with Crippen molar-refractivity contribution >= 4 is 17.4 Å². The molecule has 9 heteroatoms. The summed E-state index contributed by atoms with van der Waals surface area (Å²) in [5.74, 6) is 1.00. The number of methoxy groups -OCH3 is 2. The maximum Gasteiger partial charge on any atom is 0.406 e. The first kappa shape index (κ1) is 19.9. The molecule has 0 radical (unpaired) electrons. The second-order valence-corrected chi connectivity index (χ2v) is 6.23. The fraction of sp³-hybridized carbons (Fsp3) is 0.353. The van der Waals surface area contributed by atoms with Crippen LogP contribution in [-0.4, -0.2) is 37.9 Å². The molecule has 2 rings (SSSR count). The molecule has 0 aliphatic rings. The van der Waals surface area contributed by atoms with E-state index in [1.165, 1.54) is 25.6 Å². The summed E-state index contributed by atoms with van der Waals surface area (Å²) in [7, 11) is 2.98. The number of thiophene rings is 1. The van der Waals surface area contributed by atoms with Crippen LogP contribution in [0.5, 0.6) is 11.5 Å². The van der Waals surface area contributed by atoms with Gasteiger partial charge in [-0.15, -0.1) is 0 Å². The molecule has 0 saturated heterocycles. The summed E-state index contributed by atoms with van der Waals surface area (Å²) in [4.78, 5) is 13.0.